The summed E-state index contributed by atoms with van der Waals surface area (Å²) in [6.07, 6.45) is -1.29. The molecule has 0 aromatic carbocycles. The number of ketones is 1. The zero-order chi connectivity index (χ0) is 18.3. The van der Waals surface area contributed by atoms with E-state index < -0.39 is 23.4 Å². The lowest BCUT2D eigenvalue weighted by molar-refractivity contribution is -0.117. The largest absolute Gasteiger partial charge is 0.444 e. The van der Waals surface area contributed by atoms with Crippen molar-refractivity contribution in [1.82, 2.24) is 10.6 Å². The Bertz CT molecular complexity index is 440. The Morgan fingerprint density at radius 3 is 1.57 bits per heavy atom. The second kappa shape index (κ2) is 8.50. The first-order valence-corrected chi connectivity index (χ1v) is 7.38. The van der Waals surface area contributed by atoms with E-state index in [9.17, 15) is 14.4 Å². The molecular weight excluding hydrogens is 302 g/mol. The van der Waals surface area contributed by atoms with Gasteiger partial charge in [0.2, 0.25) is 5.96 Å². The number of hydrogen-bond acceptors (Lipinski definition) is 6. The molecule has 2 N–H and O–H groups in total. The normalized spacial score (nSPS) is 11.3. The van der Waals surface area contributed by atoms with Crippen LogP contribution in [0.5, 0.6) is 0 Å². The number of Topliss-reactive ketones (excluding diaryl/α,β-unsaturated/α-hetero) is 1. The fourth-order valence-electron chi connectivity index (χ4n) is 1.19. The first kappa shape index (κ1) is 20.9. The Morgan fingerprint density at radius 2 is 1.26 bits per heavy atom. The number of rotatable bonds is 3. The number of ether oxygens (including phenoxy) is 2. The van der Waals surface area contributed by atoms with Crippen molar-refractivity contribution in [2.45, 2.75) is 66.1 Å². The highest BCUT2D eigenvalue weighted by molar-refractivity contribution is 6.02. The van der Waals surface area contributed by atoms with Gasteiger partial charge in [-0.2, -0.15) is 0 Å². The Morgan fingerprint density at radius 1 is 0.870 bits per heavy atom. The summed E-state index contributed by atoms with van der Waals surface area (Å²) in [6, 6.07) is 0. The Balaban J connectivity index is 4.92. The molecule has 8 heteroatoms. The maximum absolute atomic E-state index is 11.8. The van der Waals surface area contributed by atoms with Gasteiger partial charge in [0, 0.05) is 6.42 Å². The highest BCUT2D eigenvalue weighted by Gasteiger charge is 2.21. The van der Waals surface area contributed by atoms with Crippen LogP contribution in [0.2, 0.25) is 0 Å². The molecule has 0 aliphatic carbocycles. The van der Waals surface area contributed by atoms with Crippen molar-refractivity contribution in [1.29, 1.82) is 0 Å². The number of carbonyl (C=O) groups excluding carboxylic acids is 3. The van der Waals surface area contributed by atoms with Crippen LogP contribution < -0.4 is 10.6 Å². The van der Waals surface area contributed by atoms with Gasteiger partial charge in [-0.05, 0) is 41.5 Å². The van der Waals surface area contributed by atoms with Gasteiger partial charge in [0.05, 0.1) is 0 Å². The average molecular weight is 329 g/mol. The topological polar surface area (TPSA) is 106 Å². The van der Waals surface area contributed by atoms with Crippen LogP contribution in [-0.4, -0.2) is 41.7 Å². The molecule has 0 atom stereocenters. The van der Waals surface area contributed by atoms with Gasteiger partial charge in [0.1, 0.15) is 17.7 Å². The van der Waals surface area contributed by atoms with Crippen molar-refractivity contribution in [3.63, 3.8) is 0 Å². The molecule has 0 aromatic heterocycles. The molecule has 0 unspecified atom stereocenters. The van der Waals surface area contributed by atoms with Gasteiger partial charge in [-0.15, -0.1) is 0 Å². The minimum absolute atomic E-state index is 0.139. The molecular formula is C15H27N3O5. The summed E-state index contributed by atoms with van der Waals surface area (Å²) in [7, 11) is 0. The summed E-state index contributed by atoms with van der Waals surface area (Å²) >= 11 is 0. The highest BCUT2D eigenvalue weighted by atomic mass is 16.6. The molecule has 0 aromatic rings. The smallest absolute Gasteiger partial charge is 0.414 e. The fraction of sp³-hybridized carbons (Fsp3) is 0.733. The molecule has 0 spiro atoms. The van der Waals surface area contributed by atoms with Crippen LogP contribution >= 0.6 is 0 Å². The van der Waals surface area contributed by atoms with Crippen molar-refractivity contribution < 1.29 is 23.9 Å². The minimum Gasteiger partial charge on any atom is -0.444 e. The number of nitrogens with one attached hydrogen (secondary N) is 2. The number of carbonyl (C=O) groups is 3. The Hall–Kier alpha value is -2.12. The van der Waals surface area contributed by atoms with E-state index in [-0.39, 0.29) is 18.3 Å². The van der Waals surface area contributed by atoms with Crippen LogP contribution in [0.3, 0.4) is 0 Å². The van der Waals surface area contributed by atoms with Gasteiger partial charge in [-0.1, -0.05) is 6.92 Å². The van der Waals surface area contributed by atoms with Gasteiger partial charge in [-0.25, -0.2) is 14.6 Å². The predicted molar refractivity (Wildman–Crippen MR) is 86.3 cm³/mol. The monoisotopic (exact) mass is 329 g/mol. The van der Waals surface area contributed by atoms with Gasteiger partial charge in [-0.3, -0.25) is 15.4 Å². The standard InChI is InChI=1S/C15H27N3O5/c1-8-10(19)9-16-11(17-12(20)22-14(2,3)4)18-13(21)23-15(5,6)7/h8-9H2,1-7H3,(H2,16,17,18,20,21). The molecule has 0 fully saturated rings. The summed E-state index contributed by atoms with van der Waals surface area (Å²) in [4.78, 5) is 38.7. The van der Waals surface area contributed by atoms with Gasteiger partial charge in [0.25, 0.3) is 0 Å². The molecule has 8 nitrogen and oxygen atoms in total. The Kier molecular flexibility index (Phi) is 7.71. The van der Waals surface area contributed by atoms with Crippen molar-refractivity contribution in [2.24, 2.45) is 4.99 Å². The second-order valence-electron chi connectivity index (χ2n) is 6.81. The number of hydrogen-bond donors (Lipinski definition) is 2. The van der Waals surface area contributed by atoms with Crippen molar-refractivity contribution in [2.75, 3.05) is 6.54 Å². The summed E-state index contributed by atoms with van der Waals surface area (Å²) in [5, 5.41) is 4.59. The van der Waals surface area contributed by atoms with Crippen LogP contribution in [0.25, 0.3) is 0 Å². The molecule has 23 heavy (non-hydrogen) atoms. The van der Waals surface area contributed by atoms with E-state index in [0.717, 1.165) is 0 Å². The van der Waals surface area contributed by atoms with Crippen molar-refractivity contribution >= 4 is 23.9 Å². The van der Waals surface area contributed by atoms with Crippen LogP contribution in [0.15, 0.2) is 4.99 Å². The van der Waals surface area contributed by atoms with Crippen molar-refractivity contribution in [3.8, 4) is 0 Å². The quantitative estimate of drug-likeness (QED) is 0.611. The molecule has 2 amide bonds. The molecule has 0 heterocycles. The predicted octanol–water partition coefficient (Wildman–Crippen LogP) is 2.37. The van der Waals surface area contributed by atoms with Crippen LogP contribution in [-0.2, 0) is 14.3 Å². The molecule has 0 aliphatic rings. The molecule has 0 rings (SSSR count). The van der Waals surface area contributed by atoms with E-state index in [1.165, 1.54) is 0 Å². The van der Waals surface area contributed by atoms with Gasteiger partial charge in [0.15, 0.2) is 5.78 Å². The molecule has 0 aliphatic heterocycles. The van der Waals surface area contributed by atoms with Gasteiger partial charge < -0.3 is 9.47 Å². The first-order valence-electron chi connectivity index (χ1n) is 7.38. The lowest BCUT2D eigenvalue weighted by atomic mass is 10.2. The van der Waals surface area contributed by atoms with E-state index in [4.69, 9.17) is 9.47 Å². The summed E-state index contributed by atoms with van der Waals surface area (Å²) in [6.45, 7) is 11.7. The first-order chi connectivity index (χ1) is 10.3. The average Bonchev–Trinajstić information content (AvgIpc) is 2.30. The van der Waals surface area contributed by atoms with Gasteiger partial charge >= 0.3 is 12.2 Å². The third kappa shape index (κ3) is 12.1. The zero-order valence-corrected chi connectivity index (χ0v) is 14.9. The molecule has 0 bridgehead atoms. The lowest BCUT2D eigenvalue weighted by Crippen LogP contribution is -2.47. The lowest BCUT2D eigenvalue weighted by Gasteiger charge is -2.22. The zero-order valence-electron chi connectivity index (χ0n) is 14.9. The molecule has 0 radical (unpaired) electrons. The molecule has 0 saturated heterocycles. The maximum atomic E-state index is 11.8. The van der Waals surface area contributed by atoms with E-state index in [0.29, 0.717) is 6.42 Å². The van der Waals surface area contributed by atoms with E-state index in [2.05, 4.69) is 15.6 Å². The number of alkyl carbamates (subject to hydrolysis) is 2. The summed E-state index contributed by atoms with van der Waals surface area (Å²) < 4.78 is 10.2. The third-order valence-corrected chi connectivity index (χ3v) is 2.05. The van der Waals surface area contributed by atoms with Crippen LogP contribution in [0.4, 0.5) is 9.59 Å². The summed E-state index contributed by atoms with van der Waals surface area (Å²) in [5.41, 5.74) is -1.42. The summed E-state index contributed by atoms with van der Waals surface area (Å²) in [5.74, 6) is -0.338. The number of nitrogens with zero attached hydrogens (tertiary/aromatic N) is 1. The highest BCUT2D eigenvalue weighted by Crippen LogP contribution is 2.07. The van der Waals surface area contributed by atoms with Crippen LogP contribution in [0, 0.1) is 0 Å². The Labute approximate surface area is 137 Å². The van der Waals surface area contributed by atoms with E-state index >= 15 is 0 Å². The maximum Gasteiger partial charge on any atom is 0.414 e. The van der Waals surface area contributed by atoms with E-state index in [1.807, 2.05) is 0 Å². The van der Waals surface area contributed by atoms with E-state index in [1.54, 1.807) is 48.5 Å². The molecule has 0 saturated carbocycles. The number of guanidine groups is 1. The third-order valence-electron chi connectivity index (χ3n) is 2.05. The molecule has 132 valence electrons. The number of aliphatic imine (C=N–C) groups is 1. The van der Waals surface area contributed by atoms with Crippen LogP contribution in [0.1, 0.15) is 54.9 Å². The SMILES string of the molecule is CCC(=O)CN=C(NC(=O)OC(C)(C)C)NC(=O)OC(C)(C)C. The minimum atomic E-state index is -0.795. The van der Waals surface area contributed by atoms with Crippen molar-refractivity contribution in [3.05, 3.63) is 0 Å². The fourth-order valence-corrected chi connectivity index (χ4v) is 1.19. The second-order valence-corrected chi connectivity index (χ2v) is 6.81. The number of amides is 2.